The smallest absolute Gasteiger partial charge is 0.379 e. The lowest BCUT2D eigenvalue weighted by Crippen LogP contribution is -2.15. The molecule has 10 heteroatoms. The SMILES string of the molecule is COc1cc(C=NNc2nnc(C)c(=O)[nH]2)ccc1OC(=O)c1ccco1. The van der Waals surface area contributed by atoms with Crippen molar-refractivity contribution >= 4 is 18.1 Å². The Kier molecular flexibility index (Phi) is 5.26. The number of H-pyrrole nitrogens is 1. The molecular weight excluding hydrogens is 354 g/mol. The summed E-state index contributed by atoms with van der Waals surface area (Å²) >= 11 is 0. The molecule has 27 heavy (non-hydrogen) atoms. The minimum atomic E-state index is -0.636. The van der Waals surface area contributed by atoms with Gasteiger partial charge in [0.1, 0.15) is 5.69 Å². The molecule has 138 valence electrons. The molecule has 3 rings (SSSR count). The predicted molar refractivity (Wildman–Crippen MR) is 95.3 cm³/mol. The van der Waals surface area contributed by atoms with Crippen LogP contribution in [0.2, 0.25) is 0 Å². The summed E-state index contributed by atoms with van der Waals surface area (Å²) in [4.78, 5) is 25.9. The number of ether oxygens (including phenoxy) is 2. The van der Waals surface area contributed by atoms with E-state index in [9.17, 15) is 9.59 Å². The summed E-state index contributed by atoms with van der Waals surface area (Å²) in [7, 11) is 1.45. The summed E-state index contributed by atoms with van der Waals surface area (Å²) in [5.41, 5.74) is 3.12. The van der Waals surface area contributed by atoms with Crippen molar-refractivity contribution < 1.29 is 18.7 Å². The van der Waals surface area contributed by atoms with Gasteiger partial charge in [-0.15, -0.1) is 10.2 Å². The number of aryl methyl sites for hydroxylation is 1. The van der Waals surface area contributed by atoms with Crippen LogP contribution in [0.25, 0.3) is 0 Å². The number of carbonyl (C=O) groups excluding carboxylic acids is 1. The lowest BCUT2D eigenvalue weighted by Gasteiger charge is -2.09. The third kappa shape index (κ3) is 4.37. The van der Waals surface area contributed by atoms with Crippen LogP contribution >= 0.6 is 0 Å². The van der Waals surface area contributed by atoms with Gasteiger partial charge in [-0.3, -0.25) is 9.78 Å². The number of carbonyl (C=O) groups is 1. The molecule has 0 saturated heterocycles. The van der Waals surface area contributed by atoms with E-state index in [0.717, 1.165) is 0 Å². The van der Waals surface area contributed by atoms with E-state index >= 15 is 0 Å². The van der Waals surface area contributed by atoms with E-state index in [4.69, 9.17) is 13.9 Å². The van der Waals surface area contributed by atoms with Crippen molar-refractivity contribution in [3.63, 3.8) is 0 Å². The molecule has 0 fully saturated rings. The molecule has 0 spiro atoms. The maximum atomic E-state index is 12.0. The highest BCUT2D eigenvalue weighted by molar-refractivity contribution is 5.89. The van der Waals surface area contributed by atoms with Crippen LogP contribution in [0, 0.1) is 6.92 Å². The van der Waals surface area contributed by atoms with Gasteiger partial charge in [-0.1, -0.05) is 0 Å². The number of nitrogens with one attached hydrogen (secondary N) is 2. The Labute approximate surface area is 152 Å². The number of aromatic nitrogens is 3. The zero-order valence-electron chi connectivity index (χ0n) is 14.4. The Morgan fingerprint density at radius 2 is 2.15 bits per heavy atom. The van der Waals surface area contributed by atoms with E-state index in [2.05, 4.69) is 25.7 Å². The van der Waals surface area contributed by atoms with Gasteiger partial charge in [-0.2, -0.15) is 5.10 Å². The summed E-state index contributed by atoms with van der Waals surface area (Å²) in [5, 5.41) is 11.4. The first-order chi connectivity index (χ1) is 13.1. The number of hydrazone groups is 1. The molecule has 0 atom stereocenters. The molecule has 0 aliphatic heterocycles. The standard InChI is InChI=1S/C17H15N5O5/c1-10-15(23)19-17(22-20-10)21-18-9-11-5-6-12(14(8-11)25-2)27-16(24)13-4-3-7-26-13/h3-9H,1-2H3,(H2,19,21,22,23). The van der Waals surface area contributed by atoms with Crippen LogP contribution in [-0.2, 0) is 0 Å². The highest BCUT2D eigenvalue weighted by Crippen LogP contribution is 2.28. The number of furan rings is 1. The van der Waals surface area contributed by atoms with Crippen LogP contribution in [0.4, 0.5) is 5.95 Å². The molecule has 2 aromatic heterocycles. The molecule has 0 aliphatic carbocycles. The fourth-order valence-electron chi connectivity index (χ4n) is 2.01. The van der Waals surface area contributed by atoms with Crippen LogP contribution < -0.4 is 20.5 Å². The molecule has 0 saturated carbocycles. The van der Waals surface area contributed by atoms with Crippen molar-refractivity contribution in [3.8, 4) is 11.5 Å². The first-order valence-electron chi connectivity index (χ1n) is 7.73. The Bertz CT molecular complexity index is 1030. The quantitative estimate of drug-likeness (QED) is 0.291. The Balaban J connectivity index is 1.70. The first-order valence-corrected chi connectivity index (χ1v) is 7.73. The number of rotatable bonds is 6. The van der Waals surface area contributed by atoms with Gasteiger partial charge in [0.05, 0.1) is 19.6 Å². The first kappa shape index (κ1) is 17.9. The minimum absolute atomic E-state index is 0.0834. The molecule has 0 bridgehead atoms. The maximum Gasteiger partial charge on any atom is 0.379 e. The molecule has 10 nitrogen and oxygen atoms in total. The minimum Gasteiger partial charge on any atom is -0.493 e. The van der Waals surface area contributed by atoms with Crippen molar-refractivity contribution in [1.29, 1.82) is 0 Å². The van der Waals surface area contributed by atoms with Gasteiger partial charge in [-0.25, -0.2) is 10.2 Å². The van der Waals surface area contributed by atoms with Crippen molar-refractivity contribution in [2.75, 3.05) is 12.5 Å². The van der Waals surface area contributed by atoms with Crippen molar-refractivity contribution in [1.82, 2.24) is 15.2 Å². The highest BCUT2D eigenvalue weighted by atomic mass is 16.6. The number of anilines is 1. The number of esters is 1. The Morgan fingerprint density at radius 3 is 2.85 bits per heavy atom. The third-order valence-electron chi connectivity index (χ3n) is 3.36. The number of hydrogen-bond donors (Lipinski definition) is 2. The van der Waals surface area contributed by atoms with Crippen LogP contribution in [0.1, 0.15) is 21.8 Å². The van der Waals surface area contributed by atoms with E-state index in [1.165, 1.54) is 25.7 Å². The van der Waals surface area contributed by atoms with E-state index in [-0.39, 0.29) is 28.7 Å². The fraction of sp³-hybridized carbons (Fsp3) is 0.118. The zero-order chi connectivity index (χ0) is 19.2. The normalized spacial score (nSPS) is 10.7. The van der Waals surface area contributed by atoms with Gasteiger partial charge in [0, 0.05) is 0 Å². The lowest BCUT2D eigenvalue weighted by molar-refractivity contribution is 0.0696. The van der Waals surface area contributed by atoms with Crippen LogP contribution in [-0.4, -0.2) is 34.5 Å². The summed E-state index contributed by atoms with van der Waals surface area (Å²) < 4.78 is 15.5. The fourth-order valence-corrected chi connectivity index (χ4v) is 2.01. The summed E-state index contributed by atoms with van der Waals surface area (Å²) in [6.07, 6.45) is 2.85. The number of methoxy groups -OCH3 is 1. The van der Waals surface area contributed by atoms with Gasteiger partial charge in [0.25, 0.3) is 5.56 Å². The van der Waals surface area contributed by atoms with Gasteiger partial charge >= 0.3 is 5.97 Å². The van der Waals surface area contributed by atoms with Gasteiger partial charge in [0.15, 0.2) is 11.5 Å². The molecule has 0 amide bonds. The monoisotopic (exact) mass is 369 g/mol. The van der Waals surface area contributed by atoms with E-state index in [0.29, 0.717) is 11.3 Å². The molecule has 3 aromatic rings. The van der Waals surface area contributed by atoms with Crippen molar-refractivity contribution in [2.24, 2.45) is 5.10 Å². The van der Waals surface area contributed by atoms with Crippen molar-refractivity contribution in [3.05, 3.63) is 64.0 Å². The largest absolute Gasteiger partial charge is 0.493 e. The second-order valence-electron chi connectivity index (χ2n) is 5.24. The lowest BCUT2D eigenvalue weighted by atomic mass is 10.2. The number of aromatic amines is 1. The maximum absolute atomic E-state index is 12.0. The van der Waals surface area contributed by atoms with E-state index < -0.39 is 5.97 Å². The predicted octanol–water partition coefficient (Wildman–Crippen LogP) is 1.74. The number of hydrogen-bond acceptors (Lipinski definition) is 9. The van der Waals surface area contributed by atoms with Crippen molar-refractivity contribution in [2.45, 2.75) is 6.92 Å². The second-order valence-corrected chi connectivity index (χ2v) is 5.24. The van der Waals surface area contributed by atoms with Crippen LogP contribution in [0.5, 0.6) is 11.5 Å². The second kappa shape index (κ2) is 7.95. The molecule has 0 unspecified atom stereocenters. The number of benzene rings is 1. The third-order valence-corrected chi connectivity index (χ3v) is 3.36. The van der Waals surface area contributed by atoms with E-state index in [1.54, 1.807) is 31.2 Å². The van der Waals surface area contributed by atoms with Crippen LogP contribution in [0.15, 0.2) is 50.9 Å². The molecule has 0 aliphatic rings. The molecule has 2 N–H and O–H groups in total. The summed E-state index contributed by atoms with van der Waals surface area (Å²) in [6.45, 7) is 1.55. The topological polar surface area (TPSA) is 132 Å². The molecular formula is C17H15N5O5. The van der Waals surface area contributed by atoms with Gasteiger partial charge in [-0.05, 0) is 42.8 Å². The summed E-state index contributed by atoms with van der Waals surface area (Å²) in [6, 6.07) is 7.95. The molecule has 0 radical (unpaired) electrons. The Hall–Kier alpha value is -3.95. The highest BCUT2D eigenvalue weighted by Gasteiger charge is 2.14. The molecule has 2 heterocycles. The Morgan fingerprint density at radius 1 is 1.30 bits per heavy atom. The zero-order valence-corrected chi connectivity index (χ0v) is 14.4. The molecule has 1 aromatic carbocycles. The summed E-state index contributed by atoms with van der Waals surface area (Å²) in [5.74, 6) is 0.126. The van der Waals surface area contributed by atoms with Crippen LogP contribution in [0.3, 0.4) is 0 Å². The number of nitrogens with zero attached hydrogens (tertiary/aromatic N) is 3. The van der Waals surface area contributed by atoms with Gasteiger partial charge < -0.3 is 13.9 Å². The van der Waals surface area contributed by atoms with E-state index in [1.807, 2.05) is 0 Å². The average Bonchev–Trinajstić information content (AvgIpc) is 3.20. The van der Waals surface area contributed by atoms with Gasteiger partial charge in [0.2, 0.25) is 11.7 Å². The average molecular weight is 369 g/mol.